The van der Waals surface area contributed by atoms with E-state index in [9.17, 15) is 13.6 Å². The average Bonchev–Trinajstić information content (AvgIpc) is 2.37. The Morgan fingerprint density at radius 2 is 2.26 bits per heavy atom. The monoisotopic (exact) mass is 273 g/mol. The fourth-order valence-corrected chi connectivity index (χ4v) is 1.56. The third-order valence-electron chi connectivity index (χ3n) is 2.34. The fourth-order valence-electron chi connectivity index (χ4n) is 1.56. The number of nitrogens with zero attached hydrogens (tertiary/aromatic N) is 2. The van der Waals surface area contributed by atoms with E-state index in [0.29, 0.717) is 12.4 Å². The van der Waals surface area contributed by atoms with E-state index >= 15 is 0 Å². The average molecular weight is 273 g/mol. The lowest BCUT2D eigenvalue weighted by Crippen LogP contribution is -2.37. The lowest BCUT2D eigenvalue weighted by molar-refractivity contribution is 0.0504. The van der Waals surface area contributed by atoms with Gasteiger partial charge < -0.3 is 15.3 Å². The molecule has 0 saturated heterocycles. The van der Waals surface area contributed by atoms with Crippen LogP contribution in [0.4, 0.5) is 14.6 Å². The van der Waals surface area contributed by atoms with E-state index in [1.807, 2.05) is 6.92 Å². The molecule has 0 bridgehead atoms. The minimum Gasteiger partial charge on any atom is -0.395 e. The number of pyridine rings is 1. The van der Waals surface area contributed by atoms with Crippen LogP contribution in [-0.4, -0.2) is 53.6 Å². The summed E-state index contributed by atoms with van der Waals surface area (Å²) in [6.07, 6.45) is -2.65. The molecule has 0 aliphatic heterocycles. The van der Waals surface area contributed by atoms with Crippen molar-refractivity contribution >= 4 is 11.7 Å². The third-order valence-corrected chi connectivity index (χ3v) is 2.34. The number of halogens is 2. The van der Waals surface area contributed by atoms with Gasteiger partial charge in [-0.2, -0.15) is 0 Å². The highest BCUT2D eigenvalue weighted by Crippen LogP contribution is 2.09. The van der Waals surface area contributed by atoms with Crippen molar-refractivity contribution in [2.45, 2.75) is 13.3 Å². The molecule has 0 atom stereocenters. The zero-order valence-electron chi connectivity index (χ0n) is 10.6. The van der Waals surface area contributed by atoms with Crippen molar-refractivity contribution in [3.8, 4) is 0 Å². The maximum atomic E-state index is 12.4. The molecule has 0 aliphatic carbocycles. The second-order valence-corrected chi connectivity index (χ2v) is 3.80. The first-order chi connectivity index (χ1) is 9.08. The zero-order valence-corrected chi connectivity index (χ0v) is 10.6. The van der Waals surface area contributed by atoms with Crippen molar-refractivity contribution in [1.82, 2.24) is 9.88 Å². The maximum absolute atomic E-state index is 12.4. The van der Waals surface area contributed by atoms with E-state index in [0.717, 1.165) is 4.90 Å². The maximum Gasteiger partial charge on any atom is 0.272 e. The van der Waals surface area contributed by atoms with Gasteiger partial charge in [0.15, 0.2) is 0 Å². The third kappa shape index (κ3) is 4.78. The Bertz CT molecular complexity index is 416. The largest absolute Gasteiger partial charge is 0.395 e. The van der Waals surface area contributed by atoms with E-state index in [-0.39, 0.29) is 18.8 Å². The highest BCUT2D eigenvalue weighted by Gasteiger charge is 2.20. The Labute approximate surface area is 110 Å². The van der Waals surface area contributed by atoms with E-state index < -0.39 is 18.9 Å². The predicted octanol–water partition coefficient (Wildman–Crippen LogP) is 1.21. The van der Waals surface area contributed by atoms with Gasteiger partial charge in [0.2, 0.25) is 0 Å². The Kier molecular flexibility index (Phi) is 6.14. The van der Waals surface area contributed by atoms with Crippen LogP contribution in [0, 0.1) is 0 Å². The summed E-state index contributed by atoms with van der Waals surface area (Å²) in [5.41, 5.74) is 0.0764. The fraction of sp³-hybridized carbons (Fsp3) is 0.500. The molecule has 0 aromatic carbocycles. The standard InChI is InChI=1S/C12H17F2N3O2/c1-2-15-11-5-3-4-9(16-11)12(19)17(6-7-18)8-10(13)14/h3-5,10,18H,2,6-8H2,1H3,(H,15,16). The molecule has 0 fully saturated rings. The molecular weight excluding hydrogens is 256 g/mol. The van der Waals surface area contributed by atoms with Crippen LogP contribution >= 0.6 is 0 Å². The highest BCUT2D eigenvalue weighted by molar-refractivity contribution is 5.92. The Hall–Kier alpha value is -1.76. The molecule has 0 radical (unpaired) electrons. The van der Waals surface area contributed by atoms with E-state index in [1.165, 1.54) is 6.07 Å². The van der Waals surface area contributed by atoms with Gasteiger partial charge in [0, 0.05) is 13.1 Å². The first-order valence-electron chi connectivity index (χ1n) is 5.97. The van der Waals surface area contributed by atoms with Crippen LogP contribution in [0.1, 0.15) is 17.4 Å². The summed E-state index contributed by atoms with van der Waals surface area (Å²) in [5.74, 6) is -0.108. The summed E-state index contributed by atoms with van der Waals surface area (Å²) < 4.78 is 24.8. The number of carbonyl (C=O) groups is 1. The molecule has 5 nitrogen and oxygen atoms in total. The molecule has 1 amide bonds. The molecule has 19 heavy (non-hydrogen) atoms. The van der Waals surface area contributed by atoms with Crippen LogP contribution in [0.2, 0.25) is 0 Å². The number of carbonyl (C=O) groups excluding carboxylic acids is 1. The summed E-state index contributed by atoms with van der Waals surface area (Å²) in [4.78, 5) is 17.0. The van der Waals surface area contributed by atoms with Gasteiger partial charge >= 0.3 is 0 Å². The van der Waals surface area contributed by atoms with E-state index in [4.69, 9.17) is 5.11 Å². The van der Waals surface area contributed by atoms with Crippen LogP contribution in [-0.2, 0) is 0 Å². The number of aromatic nitrogens is 1. The molecule has 0 saturated carbocycles. The lowest BCUT2D eigenvalue weighted by Gasteiger charge is -2.21. The first-order valence-corrected chi connectivity index (χ1v) is 5.97. The predicted molar refractivity (Wildman–Crippen MR) is 67.4 cm³/mol. The van der Waals surface area contributed by atoms with Gasteiger partial charge in [0.25, 0.3) is 12.3 Å². The van der Waals surface area contributed by atoms with Gasteiger partial charge in [-0.1, -0.05) is 6.07 Å². The molecule has 0 aliphatic rings. The van der Waals surface area contributed by atoms with E-state index in [1.54, 1.807) is 12.1 Å². The number of hydrogen-bond donors (Lipinski definition) is 2. The van der Waals surface area contributed by atoms with Gasteiger partial charge in [-0.15, -0.1) is 0 Å². The van der Waals surface area contributed by atoms with Gasteiger partial charge in [-0.25, -0.2) is 13.8 Å². The second kappa shape index (κ2) is 7.63. The van der Waals surface area contributed by atoms with Crippen molar-refractivity contribution in [3.63, 3.8) is 0 Å². The van der Waals surface area contributed by atoms with Crippen molar-refractivity contribution in [2.24, 2.45) is 0 Å². The number of amides is 1. The molecule has 2 N–H and O–H groups in total. The van der Waals surface area contributed by atoms with Crippen LogP contribution in [0.15, 0.2) is 18.2 Å². The van der Waals surface area contributed by atoms with Gasteiger partial charge in [-0.3, -0.25) is 4.79 Å². The first kappa shape index (κ1) is 15.3. The number of anilines is 1. The number of rotatable bonds is 7. The Morgan fingerprint density at radius 3 is 2.84 bits per heavy atom. The number of hydrogen-bond acceptors (Lipinski definition) is 4. The normalized spacial score (nSPS) is 10.6. The summed E-state index contributed by atoms with van der Waals surface area (Å²) in [6, 6.07) is 4.76. The summed E-state index contributed by atoms with van der Waals surface area (Å²) in [6.45, 7) is 1.29. The molecule has 0 unspecified atom stereocenters. The number of alkyl halides is 2. The molecule has 7 heteroatoms. The summed E-state index contributed by atoms with van der Waals surface area (Å²) >= 11 is 0. The molecule has 1 aromatic heterocycles. The van der Waals surface area contributed by atoms with Crippen molar-refractivity contribution in [1.29, 1.82) is 0 Å². The number of aliphatic hydroxyl groups is 1. The molecule has 106 valence electrons. The van der Waals surface area contributed by atoms with Gasteiger partial charge in [0.05, 0.1) is 13.2 Å². The number of nitrogens with one attached hydrogen (secondary N) is 1. The van der Waals surface area contributed by atoms with Crippen LogP contribution < -0.4 is 5.32 Å². The minimum atomic E-state index is -2.65. The van der Waals surface area contributed by atoms with E-state index in [2.05, 4.69) is 10.3 Å². The molecule has 1 aromatic rings. The second-order valence-electron chi connectivity index (χ2n) is 3.80. The summed E-state index contributed by atoms with van der Waals surface area (Å²) in [5, 5.41) is 11.7. The van der Waals surface area contributed by atoms with Crippen LogP contribution in [0.3, 0.4) is 0 Å². The van der Waals surface area contributed by atoms with Gasteiger partial charge in [0.1, 0.15) is 11.5 Å². The summed E-state index contributed by atoms with van der Waals surface area (Å²) in [7, 11) is 0. The van der Waals surface area contributed by atoms with Crippen molar-refractivity contribution in [3.05, 3.63) is 23.9 Å². The Morgan fingerprint density at radius 1 is 1.53 bits per heavy atom. The highest BCUT2D eigenvalue weighted by atomic mass is 19.3. The quantitative estimate of drug-likeness (QED) is 0.784. The smallest absolute Gasteiger partial charge is 0.272 e. The van der Waals surface area contributed by atoms with Crippen molar-refractivity contribution in [2.75, 3.05) is 31.6 Å². The zero-order chi connectivity index (χ0) is 14.3. The Balaban J connectivity index is 2.85. The van der Waals surface area contributed by atoms with Crippen molar-refractivity contribution < 1.29 is 18.7 Å². The minimum absolute atomic E-state index is 0.0764. The number of aliphatic hydroxyl groups excluding tert-OH is 1. The van der Waals surface area contributed by atoms with Crippen LogP contribution in [0.25, 0.3) is 0 Å². The lowest BCUT2D eigenvalue weighted by atomic mass is 10.3. The van der Waals surface area contributed by atoms with Gasteiger partial charge in [-0.05, 0) is 19.1 Å². The molecule has 1 heterocycles. The molecule has 0 spiro atoms. The SMILES string of the molecule is CCNc1cccc(C(=O)N(CCO)CC(F)F)n1. The van der Waals surface area contributed by atoms with Crippen LogP contribution in [0.5, 0.6) is 0 Å². The molecule has 1 rings (SSSR count). The topological polar surface area (TPSA) is 65.5 Å². The molecular formula is C12H17F2N3O2.